The van der Waals surface area contributed by atoms with Crippen molar-refractivity contribution in [2.45, 2.75) is 12.1 Å². The van der Waals surface area contributed by atoms with E-state index in [9.17, 15) is 9.59 Å². The van der Waals surface area contributed by atoms with E-state index in [-0.39, 0.29) is 11.5 Å². The molecule has 0 radical (unpaired) electrons. The van der Waals surface area contributed by atoms with Gasteiger partial charge < -0.3 is 0 Å². The monoisotopic (exact) mass is 320 g/mol. The van der Waals surface area contributed by atoms with Crippen molar-refractivity contribution in [1.29, 1.82) is 0 Å². The van der Waals surface area contributed by atoms with Crippen LogP contribution in [0.4, 0.5) is 0 Å². The minimum atomic E-state index is -1.05. The van der Waals surface area contributed by atoms with Crippen LogP contribution in [0.25, 0.3) is 0 Å². The summed E-state index contributed by atoms with van der Waals surface area (Å²) in [7, 11) is 0. The third-order valence-electron chi connectivity index (χ3n) is 1.23. The zero-order chi connectivity index (χ0) is 11.8. The van der Waals surface area contributed by atoms with Crippen molar-refractivity contribution in [3.05, 3.63) is 0 Å². The van der Waals surface area contributed by atoms with Crippen LogP contribution in [0.3, 0.4) is 0 Å². The number of thiol groups is 2. The molecule has 4 N–H and O–H groups in total. The summed E-state index contributed by atoms with van der Waals surface area (Å²) in [6.45, 7) is 0. The van der Waals surface area contributed by atoms with E-state index in [2.05, 4.69) is 32.9 Å². The van der Waals surface area contributed by atoms with Crippen molar-refractivity contribution in [1.82, 2.24) is 0 Å². The number of carbonyl (C=O) groups excluding carboxylic acids is 2. The van der Waals surface area contributed by atoms with Gasteiger partial charge in [-0.05, 0) is 0 Å². The SMILES string of the molecule is N[C@@H](CS)C(=O)O[Se]OC(=O)[C@@H](N)CS. The molecule has 2 atom stereocenters. The summed E-state index contributed by atoms with van der Waals surface area (Å²) in [5.74, 6) is -0.979. The fourth-order valence-electron chi connectivity index (χ4n) is 0.357. The first kappa shape index (κ1) is 15.1. The number of hydrogen-bond acceptors (Lipinski definition) is 8. The fourth-order valence-corrected chi connectivity index (χ4v) is 1.53. The molecule has 0 aliphatic rings. The molecule has 0 aliphatic heterocycles. The van der Waals surface area contributed by atoms with Crippen molar-refractivity contribution in [3.8, 4) is 0 Å². The van der Waals surface area contributed by atoms with Crippen LogP contribution >= 0.6 is 25.3 Å². The maximum atomic E-state index is 11.0. The van der Waals surface area contributed by atoms with Gasteiger partial charge in [0.05, 0.1) is 0 Å². The molecule has 0 aromatic carbocycles. The Bertz CT molecular complexity index is 209. The average Bonchev–Trinajstić information content (AvgIpc) is 2.26. The Morgan fingerprint density at radius 3 is 1.67 bits per heavy atom. The molecule has 0 saturated carbocycles. The van der Waals surface area contributed by atoms with E-state index in [4.69, 9.17) is 11.5 Å². The summed E-state index contributed by atoms with van der Waals surface area (Å²) in [6.07, 6.45) is 0. The van der Waals surface area contributed by atoms with Crippen molar-refractivity contribution in [2.24, 2.45) is 11.5 Å². The summed E-state index contributed by atoms with van der Waals surface area (Å²) in [5, 5.41) is 0. The third kappa shape index (κ3) is 6.29. The van der Waals surface area contributed by atoms with E-state index in [0.717, 1.165) is 0 Å². The second kappa shape index (κ2) is 8.26. The molecule has 0 amide bonds. The molecular weight excluding hydrogens is 307 g/mol. The van der Waals surface area contributed by atoms with Gasteiger partial charge in [0.25, 0.3) is 0 Å². The first-order valence-corrected chi connectivity index (χ1v) is 6.51. The molecule has 0 aromatic heterocycles. The summed E-state index contributed by atoms with van der Waals surface area (Å²) in [5.41, 5.74) is 10.6. The summed E-state index contributed by atoms with van der Waals surface area (Å²) < 4.78 is 9.17. The first-order valence-electron chi connectivity index (χ1n) is 3.84. The Morgan fingerprint density at radius 2 is 1.40 bits per heavy atom. The standard InChI is InChI=1S/C6H12N2O4S2Se/c7-3(1-13)5(9)11-15-12-6(10)4(8)2-14/h3-4,13-14H,1-2,7-8H2/t3-,4-/m0/s1. The van der Waals surface area contributed by atoms with Crippen LogP contribution in [0.15, 0.2) is 0 Å². The molecule has 0 bridgehead atoms. The van der Waals surface area contributed by atoms with Crippen molar-refractivity contribution in [2.75, 3.05) is 11.5 Å². The fraction of sp³-hybridized carbons (Fsp3) is 0.667. The number of nitrogens with two attached hydrogens (primary N) is 2. The molecule has 9 heteroatoms. The molecule has 6 nitrogen and oxygen atoms in total. The zero-order valence-electron chi connectivity index (χ0n) is 7.66. The van der Waals surface area contributed by atoms with Gasteiger partial charge in [-0.25, -0.2) is 0 Å². The molecule has 0 aliphatic carbocycles. The van der Waals surface area contributed by atoms with Gasteiger partial charge in [-0.3, -0.25) is 0 Å². The van der Waals surface area contributed by atoms with Crippen LogP contribution in [0.2, 0.25) is 0 Å². The van der Waals surface area contributed by atoms with Gasteiger partial charge in [0, 0.05) is 0 Å². The summed E-state index contributed by atoms with van der Waals surface area (Å²) in [4.78, 5) is 22.0. The van der Waals surface area contributed by atoms with Crippen LogP contribution < -0.4 is 11.5 Å². The third-order valence-corrected chi connectivity index (χ3v) is 2.99. The normalized spacial score (nSPS) is 14.1. The van der Waals surface area contributed by atoms with E-state index in [1.165, 1.54) is 0 Å². The van der Waals surface area contributed by atoms with E-state index in [1.54, 1.807) is 0 Å². The van der Waals surface area contributed by atoms with Gasteiger partial charge in [-0.2, -0.15) is 0 Å². The average molecular weight is 319 g/mol. The first-order chi connectivity index (χ1) is 7.02. The van der Waals surface area contributed by atoms with Gasteiger partial charge in [0.15, 0.2) is 0 Å². The predicted octanol–water partition coefficient (Wildman–Crippen LogP) is -1.88. The Labute approximate surface area is 105 Å². The zero-order valence-corrected chi connectivity index (χ0v) is 11.2. The van der Waals surface area contributed by atoms with Crippen LogP contribution in [-0.4, -0.2) is 51.1 Å². The molecule has 0 rings (SSSR count). The molecule has 88 valence electrons. The van der Waals surface area contributed by atoms with Gasteiger partial charge >= 0.3 is 105 Å². The van der Waals surface area contributed by atoms with Crippen molar-refractivity contribution >= 4 is 52.8 Å². The summed E-state index contributed by atoms with van der Waals surface area (Å²) >= 11 is 6.57. The van der Waals surface area contributed by atoms with E-state index >= 15 is 0 Å². The van der Waals surface area contributed by atoms with Crippen LogP contribution in [0.1, 0.15) is 0 Å². The van der Waals surface area contributed by atoms with Gasteiger partial charge in [0.2, 0.25) is 0 Å². The Kier molecular flexibility index (Phi) is 8.30. The minimum absolute atomic E-state index is 0.166. The van der Waals surface area contributed by atoms with E-state index < -0.39 is 39.6 Å². The van der Waals surface area contributed by atoms with E-state index in [1.807, 2.05) is 0 Å². The number of carbonyl (C=O) groups is 2. The Balaban J connectivity index is 3.70. The van der Waals surface area contributed by atoms with Crippen molar-refractivity contribution in [3.63, 3.8) is 0 Å². The Morgan fingerprint density at radius 1 is 1.07 bits per heavy atom. The Hall–Kier alpha value is 0.0795. The second-order valence-corrected chi connectivity index (χ2v) is 4.17. The maximum absolute atomic E-state index is 11.0. The predicted molar refractivity (Wildman–Crippen MR) is 61.6 cm³/mol. The number of rotatable bonds is 6. The quantitative estimate of drug-likeness (QED) is 0.337. The molecule has 0 aromatic rings. The molecule has 0 spiro atoms. The van der Waals surface area contributed by atoms with Gasteiger partial charge in [0.1, 0.15) is 0 Å². The topological polar surface area (TPSA) is 105 Å². The van der Waals surface area contributed by atoms with Crippen LogP contribution in [0.5, 0.6) is 0 Å². The van der Waals surface area contributed by atoms with Crippen LogP contribution in [-0.2, 0) is 17.2 Å². The van der Waals surface area contributed by atoms with Crippen LogP contribution in [0, 0.1) is 0 Å². The molecule has 0 unspecified atom stereocenters. The molecule has 0 fully saturated rings. The number of hydrogen-bond donors (Lipinski definition) is 4. The molecule has 15 heavy (non-hydrogen) atoms. The van der Waals surface area contributed by atoms with Gasteiger partial charge in [-0.1, -0.05) is 0 Å². The second-order valence-electron chi connectivity index (χ2n) is 2.45. The molecular formula is C6H12N2O4S2Se. The van der Waals surface area contributed by atoms with E-state index in [0.29, 0.717) is 0 Å². The molecule has 0 saturated heterocycles. The summed E-state index contributed by atoms with van der Waals surface area (Å²) in [6, 6.07) is -1.63. The van der Waals surface area contributed by atoms with Crippen molar-refractivity contribution < 1.29 is 17.2 Å². The molecule has 0 heterocycles. The van der Waals surface area contributed by atoms with Gasteiger partial charge in [-0.15, -0.1) is 0 Å².